The lowest BCUT2D eigenvalue weighted by atomic mass is 9.98. The van der Waals surface area contributed by atoms with E-state index in [0.29, 0.717) is 25.9 Å². The number of hydrogen-bond donors (Lipinski definition) is 1. The molecule has 3 aromatic rings. The van der Waals surface area contributed by atoms with Gasteiger partial charge in [0.2, 0.25) is 0 Å². The number of hydrogen-bond acceptors (Lipinski definition) is 4. The number of fused-ring (bicyclic) bond motifs is 1. The summed E-state index contributed by atoms with van der Waals surface area (Å²) in [5, 5.41) is 14.5. The van der Waals surface area contributed by atoms with Gasteiger partial charge in [-0.25, -0.2) is 0 Å². The number of amides is 1. The van der Waals surface area contributed by atoms with Gasteiger partial charge >= 0.3 is 0 Å². The molecule has 0 saturated carbocycles. The Labute approximate surface area is 171 Å². The predicted molar refractivity (Wildman–Crippen MR) is 112 cm³/mol. The zero-order valence-electron chi connectivity index (χ0n) is 16.8. The van der Waals surface area contributed by atoms with E-state index < -0.39 is 6.10 Å². The third-order valence-corrected chi connectivity index (χ3v) is 5.38. The largest absolute Gasteiger partial charge is 0.383 e. The van der Waals surface area contributed by atoms with E-state index in [9.17, 15) is 9.90 Å². The van der Waals surface area contributed by atoms with Crippen LogP contribution in [0.15, 0.2) is 59.1 Å². The molecule has 1 atom stereocenters. The Hall–Kier alpha value is -2.92. The normalized spacial score (nSPS) is 14.7. The first-order chi connectivity index (χ1) is 14.0. The molecule has 1 aromatic heterocycles. The van der Waals surface area contributed by atoms with Gasteiger partial charge in [-0.1, -0.05) is 73.6 Å². The van der Waals surface area contributed by atoms with Gasteiger partial charge < -0.3 is 14.5 Å². The minimum Gasteiger partial charge on any atom is -0.383 e. The van der Waals surface area contributed by atoms with E-state index in [-0.39, 0.29) is 11.8 Å². The van der Waals surface area contributed by atoms with Crippen LogP contribution in [0.3, 0.4) is 0 Å². The maximum atomic E-state index is 12.6. The van der Waals surface area contributed by atoms with Crippen LogP contribution in [0.25, 0.3) is 22.4 Å². The predicted octanol–water partition coefficient (Wildman–Crippen LogP) is 4.30. The third kappa shape index (κ3) is 4.10. The van der Waals surface area contributed by atoms with Crippen molar-refractivity contribution in [1.82, 2.24) is 10.1 Å². The van der Waals surface area contributed by atoms with Gasteiger partial charge in [0.25, 0.3) is 5.91 Å². The molecular formula is C24H26N2O3. The third-order valence-electron chi connectivity index (χ3n) is 5.38. The lowest BCUT2D eigenvalue weighted by Gasteiger charge is -2.28. The van der Waals surface area contributed by atoms with Crippen molar-refractivity contribution >= 4 is 5.91 Å². The molecule has 2 aromatic carbocycles. The van der Waals surface area contributed by atoms with E-state index in [2.05, 4.69) is 29.4 Å². The molecule has 1 aliphatic heterocycles. The summed E-state index contributed by atoms with van der Waals surface area (Å²) in [5.74, 6) is 0.883. The van der Waals surface area contributed by atoms with Crippen molar-refractivity contribution in [3.63, 3.8) is 0 Å². The second-order valence-electron chi connectivity index (χ2n) is 8.03. The van der Waals surface area contributed by atoms with Crippen LogP contribution in [-0.4, -0.2) is 33.7 Å². The maximum absolute atomic E-state index is 12.6. The van der Waals surface area contributed by atoms with E-state index >= 15 is 0 Å². The first-order valence-corrected chi connectivity index (χ1v) is 10.1. The molecule has 1 N–H and O–H groups in total. The SMILES string of the molecule is CC(C)C[C@H](O)C(=O)N1CCc2onc(-c3ccc(-c4ccccc4)cc3)c2C1. The zero-order chi connectivity index (χ0) is 20.4. The lowest BCUT2D eigenvalue weighted by molar-refractivity contribution is -0.142. The number of benzene rings is 2. The number of carbonyl (C=O) groups excluding carboxylic acids is 1. The highest BCUT2D eigenvalue weighted by Gasteiger charge is 2.30. The van der Waals surface area contributed by atoms with Crippen LogP contribution in [0, 0.1) is 5.92 Å². The summed E-state index contributed by atoms with van der Waals surface area (Å²) in [7, 11) is 0. The van der Waals surface area contributed by atoms with Gasteiger partial charge in [-0.15, -0.1) is 0 Å². The van der Waals surface area contributed by atoms with Crippen LogP contribution in [0.1, 0.15) is 31.6 Å². The van der Waals surface area contributed by atoms with Crippen LogP contribution < -0.4 is 0 Å². The molecule has 1 amide bonds. The average molecular weight is 390 g/mol. The van der Waals surface area contributed by atoms with Gasteiger partial charge in [0.15, 0.2) is 0 Å². The molecule has 150 valence electrons. The van der Waals surface area contributed by atoms with Crippen molar-refractivity contribution in [2.45, 2.75) is 39.3 Å². The highest BCUT2D eigenvalue weighted by atomic mass is 16.5. The van der Waals surface area contributed by atoms with Gasteiger partial charge in [-0.2, -0.15) is 0 Å². The highest BCUT2D eigenvalue weighted by molar-refractivity contribution is 5.81. The summed E-state index contributed by atoms with van der Waals surface area (Å²) in [6, 6.07) is 18.4. The van der Waals surface area contributed by atoms with E-state index in [4.69, 9.17) is 4.52 Å². The molecule has 0 aliphatic carbocycles. The smallest absolute Gasteiger partial charge is 0.251 e. The van der Waals surface area contributed by atoms with Crippen molar-refractivity contribution in [2.24, 2.45) is 5.92 Å². The Morgan fingerprint density at radius 2 is 1.72 bits per heavy atom. The fraction of sp³-hybridized carbons (Fsp3) is 0.333. The van der Waals surface area contributed by atoms with E-state index in [0.717, 1.165) is 33.7 Å². The van der Waals surface area contributed by atoms with Crippen LogP contribution in [0.2, 0.25) is 0 Å². The van der Waals surface area contributed by atoms with Gasteiger partial charge in [0.05, 0.1) is 6.54 Å². The van der Waals surface area contributed by atoms with Crippen molar-refractivity contribution < 1.29 is 14.4 Å². The summed E-state index contributed by atoms with van der Waals surface area (Å²) < 4.78 is 5.56. The van der Waals surface area contributed by atoms with Gasteiger partial charge in [-0.3, -0.25) is 4.79 Å². The fourth-order valence-corrected chi connectivity index (χ4v) is 3.83. The standard InChI is InChI=1S/C24H26N2O3/c1-16(2)14-21(27)24(28)26-13-12-22-20(15-26)23(25-29-22)19-10-8-18(9-11-19)17-6-4-3-5-7-17/h3-11,16,21,27H,12-15H2,1-2H3/t21-/m0/s1. The second kappa shape index (κ2) is 8.21. The van der Waals surface area contributed by atoms with Crippen molar-refractivity contribution in [1.29, 1.82) is 0 Å². The summed E-state index contributed by atoms with van der Waals surface area (Å²) in [4.78, 5) is 14.4. The van der Waals surface area contributed by atoms with Crippen molar-refractivity contribution in [2.75, 3.05) is 6.54 Å². The van der Waals surface area contributed by atoms with Gasteiger partial charge in [0.1, 0.15) is 17.6 Å². The maximum Gasteiger partial charge on any atom is 0.251 e. The van der Waals surface area contributed by atoms with E-state index in [1.165, 1.54) is 0 Å². The number of nitrogens with zero attached hydrogens (tertiary/aromatic N) is 2. The first kappa shape index (κ1) is 19.4. The van der Waals surface area contributed by atoms with Gasteiger partial charge in [-0.05, 0) is 23.5 Å². The molecule has 2 heterocycles. The van der Waals surface area contributed by atoms with Crippen LogP contribution >= 0.6 is 0 Å². The van der Waals surface area contributed by atoms with Crippen molar-refractivity contribution in [3.8, 4) is 22.4 Å². The molecule has 29 heavy (non-hydrogen) atoms. The Morgan fingerprint density at radius 1 is 1.07 bits per heavy atom. The summed E-state index contributed by atoms with van der Waals surface area (Å²) in [6.07, 6.45) is 0.134. The highest BCUT2D eigenvalue weighted by Crippen LogP contribution is 2.31. The molecule has 0 bridgehead atoms. The Balaban J connectivity index is 1.55. The quantitative estimate of drug-likeness (QED) is 0.705. The van der Waals surface area contributed by atoms with E-state index in [1.54, 1.807) is 4.90 Å². The number of aliphatic hydroxyl groups excluding tert-OH is 1. The Bertz CT molecular complexity index is 977. The molecule has 1 aliphatic rings. The molecule has 0 radical (unpaired) electrons. The van der Waals surface area contributed by atoms with Crippen LogP contribution in [0.4, 0.5) is 0 Å². The molecule has 5 nitrogen and oxygen atoms in total. The minimum atomic E-state index is -0.954. The van der Waals surface area contributed by atoms with Crippen LogP contribution in [0.5, 0.6) is 0 Å². The molecule has 0 fully saturated rings. The molecule has 0 saturated heterocycles. The number of carbonyl (C=O) groups is 1. The first-order valence-electron chi connectivity index (χ1n) is 10.1. The summed E-state index contributed by atoms with van der Waals surface area (Å²) in [6.45, 7) is 4.97. The number of aliphatic hydroxyl groups is 1. The molecule has 0 unspecified atom stereocenters. The van der Waals surface area contributed by atoms with Crippen molar-refractivity contribution in [3.05, 3.63) is 65.9 Å². The monoisotopic (exact) mass is 390 g/mol. The number of aromatic nitrogens is 1. The summed E-state index contributed by atoms with van der Waals surface area (Å²) >= 11 is 0. The molecule has 0 spiro atoms. The Morgan fingerprint density at radius 3 is 2.41 bits per heavy atom. The minimum absolute atomic E-state index is 0.212. The Kier molecular flexibility index (Phi) is 5.49. The average Bonchev–Trinajstić information content (AvgIpc) is 3.16. The molecule has 4 rings (SSSR count). The van der Waals surface area contributed by atoms with E-state index in [1.807, 2.05) is 44.2 Å². The molecular weight excluding hydrogens is 364 g/mol. The topological polar surface area (TPSA) is 66.6 Å². The number of rotatable bonds is 5. The lowest BCUT2D eigenvalue weighted by Crippen LogP contribution is -2.42. The molecule has 5 heteroatoms. The van der Waals surface area contributed by atoms with Crippen LogP contribution in [-0.2, 0) is 17.8 Å². The zero-order valence-corrected chi connectivity index (χ0v) is 16.8. The fourth-order valence-electron chi connectivity index (χ4n) is 3.83. The summed E-state index contributed by atoms with van der Waals surface area (Å²) in [5.41, 5.74) is 4.98. The van der Waals surface area contributed by atoms with Gasteiger partial charge in [0, 0.05) is 24.1 Å². The second-order valence-corrected chi connectivity index (χ2v) is 8.03.